The molecule has 4 aromatic rings. The molecule has 3 nitrogen and oxygen atoms in total. The lowest BCUT2D eigenvalue weighted by Crippen LogP contribution is -2.24. The van der Waals surface area contributed by atoms with Crippen molar-refractivity contribution < 1.29 is 0 Å². The number of nitrogens with zero attached hydrogens (tertiary/aromatic N) is 2. The van der Waals surface area contributed by atoms with Crippen LogP contribution in [0.3, 0.4) is 0 Å². The molecule has 2 aliphatic rings. The van der Waals surface area contributed by atoms with Crippen LogP contribution < -0.4 is 10.4 Å². The fourth-order valence-corrected chi connectivity index (χ4v) is 5.29. The molecule has 0 saturated heterocycles. The van der Waals surface area contributed by atoms with Crippen molar-refractivity contribution in [2.45, 2.75) is 45.4 Å². The third-order valence-corrected chi connectivity index (χ3v) is 7.04. The number of rotatable bonds is 3. The fraction of sp³-hybridized carbons (Fsp3) is 0.267. The van der Waals surface area contributed by atoms with Gasteiger partial charge in [-0.25, -0.2) is 0 Å². The van der Waals surface area contributed by atoms with E-state index in [4.69, 9.17) is 11.6 Å². The molecule has 2 heterocycles. The molecule has 6 rings (SSSR count). The molecule has 172 valence electrons. The molecular weight excluding hydrogens is 438 g/mol. The predicted octanol–water partition coefficient (Wildman–Crippen LogP) is 5.61. The smallest absolute Gasteiger partial charge is 0.0587 e. The largest absolute Gasteiger partial charge is 0.368 e. The van der Waals surface area contributed by atoms with Crippen LogP contribution in [0.15, 0.2) is 67.3 Å². The quantitative estimate of drug-likeness (QED) is 0.425. The minimum absolute atomic E-state index is 0.371. The van der Waals surface area contributed by atoms with Gasteiger partial charge in [0.25, 0.3) is 0 Å². The molecular formula is C30H30ClN3. The summed E-state index contributed by atoms with van der Waals surface area (Å²) in [6, 6.07) is 14.8. The standard InChI is InChI=1S/C26H25ClN2.C4H5N/c1-16-3-8-24-18(11-16)5-9-25-23-10-6-21(27)13-20(23)12-19(26(24)25)4-7-22-15-28-17(2)14-29-22;1-2-4-5-3-1/h5-6,9-16,19H,3-4,7-8H2,1-2H3;1-5H. The Kier molecular flexibility index (Phi) is 6.64. The van der Waals surface area contributed by atoms with Crippen LogP contribution in [0.2, 0.25) is 5.02 Å². The Hall–Kier alpha value is -3.17. The molecule has 2 aliphatic carbocycles. The van der Waals surface area contributed by atoms with Crippen molar-refractivity contribution in [2.75, 3.05) is 0 Å². The Balaban J connectivity index is 0.000000429. The number of H-pyrrole nitrogens is 1. The van der Waals surface area contributed by atoms with Crippen molar-refractivity contribution in [3.05, 3.63) is 116 Å². The van der Waals surface area contributed by atoms with E-state index >= 15 is 0 Å². The molecule has 2 unspecified atom stereocenters. The summed E-state index contributed by atoms with van der Waals surface area (Å²) in [6.07, 6.45) is 16.7. The molecule has 2 aromatic heterocycles. The van der Waals surface area contributed by atoms with Gasteiger partial charge in [-0.05, 0) is 94.8 Å². The molecule has 0 radical (unpaired) electrons. The summed E-state index contributed by atoms with van der Waals surface area (Å²) in [5, 5.41) is 6.15. The second-order valence-electron chi connectivity index (χ2n) is 9.35. The Labute approximate surface area is 205 Å². The summed E-state index contributed by atoms with van der Waals surface area (Å²) >= 11 is 6.33. The first-order chi connectivity index (χ1) is 16.6. The minimum atomic E-state index is 0.371. The van der Waals surface area contributed by atoms with Crippen LogP contribution in [0.5, 0.6) is 0 Å². The second-order valence-corrected chi connectivity index (χ2v) is 9.79. The van der Waals surface area contributed by atoms with Gasteiger partial charge < -0.3 is 4.98 Å². The molecule has 0 fully saturated rings. The van der Waals surface area contributed by atoms with Crippen LogP contribution in [0.4, 0.5) is 0 Å². The number of benzene rings is 2. The first-order valence-electron chi connectivity index (χ1n) is 12.1. The summed E-state index contributed by atoms with van der Waals surface area (Å²) in [5.74, 6) is 1.02. The molecule has 0 spiro atoms. The molecule has 2 aromatic carbocycles. The van der Waals surface area contributed by atoms with Crippen molar-refractivity contribution in [1.29, 1.82) is 0 Å². The van der Waals surface area contributed by atoms with Crippen LogP contribution in [0.1, 0.15) is 48.2 Å². The van der Waals surface area contributed by atoms with Crippen molar-refractivity contribution >= 4 is 23.8 Å². The van der Waals surface area contributed by atoms with Crippen LogP contribution >= 0.6 is 11.6 Å². The number of aromatic nitrogens is 3. The van der Waals surface area contributed by atoms with Crippen LogP contribution in [-0.2, 0) is 12.8 Å². The third-order valence-electron chi connectivity index (χ3n) is 6.80. The lowest BCUT2D eigenvalue weighted by molar-refractivity contribution is 0.645. The second kappa shape index (κ2) is 9.99. The van der Waals surface area contributed by atoms with E-state index in [-0.39, 0.29) is 0 Å². The average molecular weight is 468 g/mol. The number of fused-ring (bicyclic) bond motifs is 4. The SMILES string of the molecule is Cc1cnc(CCC2C=c3cc(Cl)ccc3=c3ccc4c(c32)CCC(C)C=4)cn1.c1cc[nH]c1. The molecule has 0 bridgehead atoms. The zero-order valence-corrected chi connectivity index (χ0v) is 20.5. The van der Waals surface area contributed by atoms with E-state index in [1.54, 1.807) is 0 Å². The predicted molar refractivity (Wildman–Crippen MR) is 140 cm³/mol. The highest BCUT2D eigenvalue weighted by Crippen LogP contribution is 2.31. The molecule has 2 atom stereocenters. The molecule has 0 aliphatic heterocycles. The Bertz CT molecular complexity index is 1470. The number of aryl methyl sites for hydroxylation is 2. The number of aromatic amines is 1. The highest BCUT2D eigenvalue weighted by Gasteiger charge is 2.21. The summed E-state index contributed by atoms with van der Waals surface area (Å²) in [4.78, 5) is 11.9. The first kappa shape index (κ1) is 22.6. The highest BCUT2D eigenvalue weighted by molar-refractivity contribution is 6.30. The fourth-order valence-electron chi connectivity index (χ4n) is 5.11. The summed E-state index contributed by atoms with van der Waals surface area (Å²) in [6.45, 7) is 4.30. The molecule has 0 saturated carbocycles. The monoisotopic (exact) mass is 467 g/mol. The van der Waals surface area contributed by atoms with Gasteiger partial charge in [-0.15, -0.1) is 0 Å². The molecule has 34 heavy (non-hydrogen) atoms. The molecule has 1 N–H and O–H groups in total. The number of hydrogen-bond acceptors (Lipinski definition) is 2. The van der Waals surface area contributed by atoms with E-state index in [2.05, 4.69) is 58.3 Å². The molecule has 0 amide bonds. The topological polar surface area (TPSA) is 41.6 Å². The number of nitrogens with one attached hydrogen (secondary N) is 1. The normalized spacial score (nSPS) is 17.7. The first-order valence-corrected chi connectivity index (χ1v) is 12.5. The number of hydrogen-bond donors (Lipinski definition) is 1. The summed E-state index contributed by atoms with van der Waals surface area (Å²) < 4.78 is 0. The maximum Gasteiger partial charge on any atom is 0.0587 e. The van der Waals surface area contributed by atoms with Gasteiger partial charge in [0, 0.05) is 35.7 Å². The zero-order valence-electron chi connectivity index (χ0n) is 19.8. The van der Waals surface area contributed by atoms with Gasteiger partial charge in [0.2, 0.25) is 0 Å². The molecule has 4 heteroatoms. The van der Waals surface area contributed by atoms with Crippen LogP contribution in [0, 0.1) is 23.3 Å². The Morgan fingerprint density at radius 2 is 1.79 bits per heavy atom. The third kappa shape index (κ3) is 4.85. The van der Waals surface area contributed by atoms with E-state index in [9.17, 15) is 0 Å². The zero-order chi connectivity index (χ0) is 23.5. The van der Waals surface area contributed by atoms with Gasteiger partial charge in [-0.2, -0.15) is 0 Å². The maximum absolute atomic E-state index is 6.33. The summed E-state index contributed by atoms with van der Waals surface area (Å²) in [7, 11) is 0. The van der Waals surface area contributed by atoms with E-state index < -0.39 is 0 Å². The van der Waals surface area contributed by atoms with Crippen LogP contribution in [-0.4, -0.2) is 15.0 Å². The lowest BCUT2D eigenvalue weighted by Gasteiger charge is -2.25. The van der Waals surface area contributed by atoms with Crippen molar-refractivity contribution in [1.82, 2.24) is 15.0 Å². The van der Waals surface area contributed by atoms with Gasteiger partial charge in [-0.3, -0.25) is 9.97 Å². The average Bonchev–Trinajstić information content (AvgIpc) is 3.43. The van der Waals surface area contributed by atoms with Gasteiger partial charge in [0.1, 0.15) is 0 Å². The Morgan fingerprint density at radius 1 is 0.971 bits per heavy atom. The van der Waals surface area contributed by atoms with Crippen molar-refractivity contribution in [3.63, 3.8) is 0 Å². The van der Waals surface area contributed by atoms with Gasteiger partial charge in [-0.1, -0.05) is 48.9 Å². The van der Waals surface area contributed by atoms with E-state index in [0.717, 1.165) is 35.7 Å². The number of halogens is 1. The maximum atomic E-state index is 6.33. The van der Waals surface area contributed by atoms with Gasteiger partial charge in [0.15, 0.2) is 0 Å². The Morgan fingerprint density at radius 3 is 2.53 bits per heavy atom. The van der Waals surface area contributed by atoms with Gasteiger partial charge in [0.05, 0.1) is 11.4 Å². The lowest BCUT2D eigenvalue weighted by atomic mass is 9.79. The van der Waals surface area contributed by atoms with Crippen LogP contribution in [0.25, 0.3) is 12.2 Å². The van der Waals surface area contributed by atoms with Crippen molar-refractivity contribution in [3.8, 4) is 0 Å². The highest BCUT2D eigenvalue weighted by atomic mass is 35.5. The minimum Gasteiger partial charge on any atom is -0.368 e. The van der Waals surface area contributed by atoms with Gasteiger partial charge >= 0.3 is 0 Å². The van der Waals surface area contributed by atoms with E-state index in [0.29, 0.717) is 11.8 Å². The van der Waals surface area contributed by atoms with E-state index in [1.807, 2.05) is 49.9 Å². The van der Waals surface area contributed by atoms with Crippen molar-refractivity contribution in [2.24, 2.45) is 5.92 Å². The van der Waals surface area contributed by atoms with E-state index in [1.165, 1.54) is 38.4 Å². The summed E-state index contributed by atoms with van der Waals surface area (Å²) in [5.41, 5.74) is 5.08.